The minimum absolute atomic E-state index is 0. The fraction of sp³-hybridized carbons (Fsp3) is 0.667. The van der Waals surface area contributed by atoms with Crippen LogP contribution in [0.15, 0.2) is 0 Å². The van der Waals surface area contributed by atoms with Crippen LogP contribution in [0, 0.1) is 12.3 Å². The Labute approximate surface area is 98.3 Å². The van der Waals surface area contributed by atoms with Gasteiger partial charge in [0.25, 0.3) is 0 Å². The molecule has 0 aromatic carbocycles. The van der Waals surface area contributed by atoms with Crippen LogP contribution in [0.3, 0.4) is 0 Å². The topological polar surface area (TPSA) is 40.1 Å². The Bertz CT molecular complexity index is 126. The smallest absolute Gasteiger partial charge is 0.813 e. The third kappa shape index (κ3) is 7.38. The summed E-state index contributed by atoms with van der Waals surface area (Å²) in [7, 11) is 0. The van der Waals surface area contributed by atoms with E-state index in [2.05, 4.69) is 6.92 Å². The fourth-order valence-corrected chi connectivity index (χ4v) is 0.660. The average Bonchev–Trinajstić information content (AvgIpc) is 2.17. The molecule has 0 aromatic rings. The zero-order chi connectivity index (χ0) is 6.20. The maximum absolute atomic E-state index is 9.90. The summed E-state index contributed by atoms with van der Waals surface area (Å²) in [4.78, 5) is 9.90. The van der Waals surface area contributed by atoms with Crippen molar-refractivity contribution in [2.75, 3.05) is 0 Å². The number of thiol groups is 1. The Kier molecular flexibility index (Phi) is 10.6. The van der Waals surface area contributed by atoms with E-state index in [4.69, 9.17) is 0 Å². The normalized spacial score (nSPS) is 16.5. The van der Waals surface area contributed by atoms with Crippen molar-refractivity contribution in [3.8, 4) is 0 Å². The standard InChI is InChI=1S/C6H9O2.2Li.H2S/c1-6(2-3-6)4-5(7)8;;;/h1-4H2,(H,7,8);;;1H2/q-1;2*+1;/p-2. The van der Waals surface area contributed by atoms with E-state index in [1.165, 1.54) is 0 Å². The van der Waals surface area contributed by atoms with Crippen LogP contribution in [0.5, 0.6) is 0 Å². The summed E-state index contributed by atoms with van der Waals surface area (Å²) in [6.07, 6.45) is 2.02. The van der Waals surface area contributed by atoms with E-state index in [1.54, 1.807) is 0 Å². The van der Waals surface area contributed by atoms with Crippen LogP contribution < -0.4 is 42.8 Å². The van der Waals surface area contributed by atoms with Crippen molar-refractivity contribution in [1.82, 2.24) is 0 Å². The molecule has 11 heavy (non-hydrogen) atoms. The molecule has 1 rings (SSSR count). The van der Waals surface area contributed by atoms with Crippen LogP contribution in [0.1, 0.15) is 19.3 Å². The van der Waals surface area contributed by atoms with Crippen LogP contribution >= 0.6 is 0 Å². The SMILES string of the molecule is [CH2-]C1(CC(=O)[O-])CC1.[Li+].[Li+].[SH-]. The van der Waals surface area contributed by atoms with E-state index in [9.17, 15) is 9.90 Å². The second kappa shape index (κ2) is 6.52. The average molecular weight is 159 g/mol. The number of aliphatic carboxylic acids is 1. The van der Waals surface area contributed by atoms with Crippen molar-refractivity contribution in [1.29, 1.82) is 0 Å². The number of carbonyl (C=O) groups is 1. The van der Waals surface area contributed by atoms with Crippen molar-refractivity contribution in [2.24, 2.45) is 5.41 Å². The van der Waals surface area contributed by atoms with Crippen molar-refractivity contribution >= 4 is 19.5 Å². The van der Waals surface area contributed by atoms with Gasteiger partial charge in [-0.15, -0.1) is 0 Å². The second-order valence-corrected chi connectivity index (χ2v) is 2.55. The predicted octanol–water partition coefficient (Wildman–Crippen LogP) is -6.52. The maximum atomic E-state index is 9.90. The number of hydrogen-bond donors (Lipinski definition) is 0. The summed E-state index contributed by atoms with van der Waals surface area (Å²) >= 11 is 0. The fourth-order valence-electron chi connectivity index (χ4n) is 0.660. The minimum Gasteiger partial charge on any atom is -0.813 e. The van der Waals surface area contributed by atoms with Crippen LogP contribution in [-0.4, -0.2) is 5.97 Å². The first-order chi connectivity index (χ1) is 3.62. The van der Waals surface area contributed by atoms with Crippen LogP contribution in [0.4, 0.5) is 0 Å². The molecule has 1 aliphatic rings. The van der Waals surface area contributed by atoms with Crippen molar-refractivity contribution in [2.45, 2.75) is 19.3 Å². The van der Waals surface area contributed by atoms with Gasteiger partial charge in [0, 0.05) is 5.97 Å². The molecule has 1 aliphatic carbocycles. The Balaban J connectivity index is -0.000000213. The van der Waals surface area contributed by atoms with Gasteiger partial charge in [-0.3, -0.25) is 0 Å². The first-order valence-corrected chi connectivity index (χ1v) is 2.68. The molecule has 1 fully saturated rings. The van der Waals surface area contributed by atoms with Crippen LogP contribution in [0.2, 0.25) is 0 Å². The molecule has 0 aliphatic heterocycles. The van der Waals surface area contributed by atoms with E-state index < -0.39 is 5.97 Å². The molecular formula is C6H9Li2O2S-. The third-order valence-electron chi connectivity index (χ3n) is 1.48. The van der Waals surface area contributed by atoms with Crippen molar-refractivity contribution in [3.05, 3.63) is 6.92 Å². The van der Waals surface area contributed by atoms with Gasteiger partial charge in [0.2, 0.25) is 0 Å². The molecule has 0 spiro atoms. The zero-order valence-corrected chi connectivity index (χ0v) is 7.99. The number of carbonyl (C=O) groups excluding carboxylic acids is 1. The van der Waals surface area contributed by atoms with Crippen LogP contribution in [0.25, 0.3) is 0 Å². The molecule has 0 saturated heterocycles. The van der Waals surface area contributed by atoms with E-state index in [0.717, 1.165) is 12.8 Å². The summed E-state index contributed by atoms with van der Waals surface area (Å²) in [5.41, 5.74) is -0.140. The molecule has 54 valence electrons. The van der Waals surface area contributed by atoms with Crippen molar-refractivity contribution in [3.63, 3.8) is 0 Å². The number of rotatable bonds is 2. The van der Waals surface area contributed by atoms with Gasteiger partial charge in [-0.2, -0.15) is 5.41 Å². The molecular weight excluding hydrogens is 150 g/mol. The molecule has 0 unspecified atom stereocenters. The molecule has 0 amide bonds. The summed E-state index contributed by atoms with van der Waals surface area (Å²) in [6, 6.07) is 0. The largest absolute Gasteiger partial charge is 1.00 e. The Morgan fingerprint density at radius 2 is 1.82 bits per heavy atom. The molecule has 2 nitrogen and oxygen atoms in total. The third-order valence-corrected chi connectivity index (χ3v) is 1.48. The summed E-state index contributed by atoms with van der Waals surface area (Å²) < 4.78 is 0. The Morgan fingerprint density at radius 3 is 1.91 bits per heavy atom. The van der Waals surface area contributed by atoms with Gasteiger partial charge in [-0.1, -0.05) is 12.8 Å². The molecule has 0 bridgehead atoms. The quantitative estimate of drug-likeness (QED) is 0.174. The van der Waals surface area contributed by atoms with Gasteiger partial charge in [0.1, 0.15) is 0 Å². The van der Waals surface area contributed by atoms with Crippen LogP contribution in [-0.2, 0) is 18.3 Å². The molecule has 0 atom stereocenters. The van der Waals surface area contributed by atoms with Gasteiger partial charge < -0.3 is 30.3 Å². The number of hydrogen-bond acceptors (Lipinski definition) is 3. The second-order valence-electron chi connectivity index (χ2n) is 2.55. The first-order valence-electron chi connectivity index (χ1n) is 2.68. The molecule has 0 radical (unpaired) electrons. The van der Waals surface area contributed by atoms with E-state index in [1.807, 2.05) is 0 Å². The van der Waals surface area contributed by atoms with Gasteiger partial charge >= 0.3 is 37.7 Å². The minimum atomic E-state index is -0.975. The maximum Gasteiger partial charge on any atom is 1.00 e. The van der Waals surface area contributed by atoms with Gasteiger partial charge in [0.05, 0.1) is 0 Å². The zero-order valence-electron chi connectivity index (χ0n) is 7.09. The Morgan fingerprint density at radius 1 is 1.45 bits per heavy atom. The summed E-state index contributed by atoms with van der Waals surface area (Å²) in [6.45, 7) is 3.70. The monoisotopic (exact) mass is 159 g/mol. The Hall–Kier alpha value is 1.01. The first kappa shape index (κ1) is 17.9. The molecule has 0 N–H and O–H groups in total. The summed E-state index contributed by atoms with van der Waals surface area (Å²) in [5.74, 6) is -0.975. The van der Waals surface area contributed by atoms with E-state index in [-0.39, 0.29) is 63.1 Å². The van der Waals surface area contributed by atoms with Gasteiger partial charge in [0.15, 0.2) is 0 Å². The van der Waals surface area contributed by atoms with E-state index >= 15 is 0 Å². The number of carboxylic acid groups (broad SMARTS) is 1. The van der Waals surface area contributed by atoms with Crippen molar-refractivity contribution < 1.29 is 47.6 Å². The van der Waals surface area contributed by atoms with E-state index in [0.29, 0.717) is 0 Å². The summed E-state index contributed by atoms with van der Waals surface area (Å²) in [5, 5.41) is 9.90. The molecule has 1 saturated carbocycles. The van der Waals surface area contributed by atoms with Gasteiger partial charge in [-0.05, 0) is 6.42 Å². The number of carboxylic acids is 1. The molecule has 0 heterocycles. The molecule has 5 heteroatoms. The van der Waals surface area contributed by atoms with Gasteiger partial charge in [-0.25, -0.2) is 0 Å². The predicted molar refractivity (Wildman–Crippen MR) is 35.4 cm³/mol. The molecule has 0 aromatic heterocycles.